The third-order valence-electron chi connectivity index (χ3n) is 2.97. The summed E-state index contributed by atoms with van der Waals surface area (Å²) in [5, 5.41) is 0. The van der Waals surface area contributed by atoms with Gasteiger partial charge in [0, 0.05) is 6.54 Å². The molecule has 0 fully saturated rings. The van der Waals surface area contributed by atoms with E-state index in [0.29, 0.717) is 18.1 Å². The minimum Gasteiger partial charge on any atom is -0.488 e. The molecule has 0 atom stereocenters. The number of likely N-dealkylation sites (N-methyl/N-ethyl adjacent to an activating group) is 1. The SMILES string of the molecule is Cc1ccc(Oc2c(F)cccc2OCCN(C)C)cc1. The molecule has 0 aliphatic rings. The Bertz CT molecular complexity index is 582. The topological polar surface area (TPSA) is 21.7 Å². The van der Waals surface area contributed by atoms with E-state index >= 15 is 0 Å². The molecule has 0 heterocycles. The second-order valence-electron chi connectivity index (χ2n) is 5.13. The summed E-state index contributed by atoms with van der Waals surface area (Å²) < 4.78 is 25.2. The summed E-state index contributed by atoms with van der Waals surface area (Å²) in [6, 6.07) is 12.1. The lowest BCUT2D eigenvalue weighted by Crippen LogP contribution is -2.19. The average Bonchev–Trinajstić information content (AvgIpc) is 2.44. The normalized spacial score (nSPS) is 10.7. The van der Waals surface area contributed by atoms with E-state index in [0.717, 1.165) is 12.1 Å². The van der Waals surface area contributed by atoms with Gasteiger partial charge in [-0.3, -0.25) is 0 Å². The fourth-order valence-corrected chi connectivity index (χ4v) is 1.76. The highest BCUT2D eigenvalue weighted by molar-refractivity contribution is 5.44. The maximum atomic E-state index is 14.0. The molecule has 0 aliphatic carbocycles. The minimum absolute atomic E-state index is 0.125. The van der Waals surface area contributed by atoms with E-state index in [9.17, 15) is 4.39 Å². The van der Waals surface area contributed by atoms with Crippen molar-refractivity contribution in [3.05, 3.63) is 53.8 Å². The maximum absolute atomic E-state index is 14.0. The van der Waals surface area contributed by atoms with Gasteiger partial charge in [-0.1, -0.05) is 23.8 Å². The molecule has 0 aliphatic heterocycles. The van der Waals surface area contributed by atoms with Gasteiger partial charge in [0.2, 0.25) is 5.75 Å². The standard InChI is InChI=1S/C17H20FNO2/c1-13-7-9-14(10-8-13)21-17-15(18)5-4-6-16(17)20-12-11-19(2)3/h4-10H,11-12H2,1-3H3. The molecule has 0 N–H and O–H groups in total. The zero-order valence-corrected chi connectivity index (χ0v) is 12.6. The highest BCUT2D eigenvalue weighted by Crippen LogP contribution is 2.34. The van der Waals surface area contributed by atoms with Crippen LogP contribution in [0, 0.1) is 12.7 Å². The number of aryl methyl sites for hydroxylation is 1. The predicted molar refractivity (Wildman–Crippen MR) is 81.7 cm³/mol. The second-order valence-corrected chi connectivity index (χ2v) is 5.13. The van der Waals surface area contributed by atoms with Gasteiger partial charge in [-0.05, 0) is 45.3 Å². The van der Waals surface area contributed by atoms with Crippen molar-refractivity contribution >= 4 is 0 Å². The third-order valence-corrected chi connectivity index (χ3v) is 2.97. The molecule has 0 radical (unpaired) electrons. The fourth-order valence-electron chi connectivity index (χ4n) is 1.76. The molecule has 112 valence electrons. The van der Waals surface area contributed by atoms with Crippen molar-refractivity contribution in [2.75, 3.05) is 27.2 Å². The van der Waals surface area contributed by atoms with E-state index in [1.807, 2.05) is 50.2 Å². The van der Waals surface area contributed by atoms with Gasteiger partial charge >= 0.3 is 0 Å². The summed E-state index contributed by atoms with van der Waals surface area (Å²) in [6.45, 7) is 3.21. The molecule has 0 unspecified atom stereocenters. The quantitative estimate of drug-likeness (QED) is 0.806. The summed E-state index contributed by atoms with van der Waals surface area (Å²) in [6.07, 6.45) is 0. The average molecular weight is 289 g/mol. The zero-order chi connectivity index (χ0) is 15.2. The Morgan fingerprint density at radius 1 is 1.05 bits per heavy atom. The highest BCUT2D eigenvalue weighted by atomic mass is 19.1. The monoisotopic (exact) mass is 289 g/mol. The zero-order valence-electron chi connectivity index (χ0n) is 12.6. The summed E-state index contributed by atoms with van der Waals surface area (Å²) in [5.74, 6) is 0.693. The van der Waals surface area contributed by atoms with Crippen LogP contribution in [0.2, 0.25) is 0 Å². The first-order valence-corrected chi connectivity index (χ1v) is 6.87. The Kier molecular flexibility index (Phi) is 5.17. The van der Waals surface area contributed by atoms with Crippen LogP contribution in [-0.2, 0) is 0 Å². The molecular formula is C17H20FNO2. The van der Waals surface area contributed by atoms with Crippen LogP contribution in [0.25, 0.3) is 0 Å². The van der Waals surface area contributed by atoms with Crippen molar-refractivity contribution in [2.45, 2.75) is 6.92 Å². The van der Waals surface area contributed by atoms with Crippen LogP contribution >= 0.6 is 0 Å². The molecule has 0 saturated carbocycles. The van der Waals surface area contributed by atoms with Gasteiger partial charge in [-0.2, -0.15) is 0 Å². The summed E-state index contributed by atoms with van der Waals surface area (Å²) in [5.41, 5.74) is 1.12. The van der Waals surface area contributed by atoms with Crippen LogP contribution in [0.4, 0.5) is 4.39 Å². The van der Waals surface area contributed by atoms with E-state index in [2.05, 4.69) is 0 Å². The number of nitrogens with zero attached hydrogens (tertiary/aromatic N) is 1. The number of benzene rings is 2. The van der Waals surface area contributed by atoms with Gasteiger partial charge < -0.3 is 14.4 Å². The molecule has 0 spiro atoms. The molecule has 21 heavy (non-hydrogen) atoms. The Labute approximate surface area is 124 Å². The Hall–Kier alpha value is -2.07. The molecule has 0 aromatic heterocycles. The number of hydrogen-bond acceptors (Lipinski definition) is 3. The largest absolute Gasteiger partial charge is 0.488 e. The van der Waals surface area contributed by atoms with Gasteiger partial charge in [0.1, 0.15) is 12.4 Å². The first-order chi connectivity index (χ1) is 10.1. The second kappa shape index (κ2) is 7.09. The lowest BCUT2D eigenvalue weighted by Gasteiger charge is -2.15. The number of halogens is 1. The molecule has 2 aromatic carbocycles. The number of para-hydroxylation sites is 1. The molecular weight excluding hydrogens is 269 g/mol. The van der Waals surface area contributed by atoms with Gasteiger partial charge in [-0.15, -0.1) is 0 Å². The van der Waals surface area contributed by atoms with Crippen LogP contribution in [0.15, 0.2) is 42.5 Å². The molecule has 0 amide bonds. The molecule has 0 saturated heterocycles. The smallest absolute Gasteiger partial charge is 0.204 e. The first kappa shape index (κ1) is 15.3. The summed E-state index contributed by atoms with van der Waals surface area (Å²) in [4.78, 5) is 2.00. The van der Waals surface area contributed by atoms with E-state index in [4.69, 9.17) is 9.47 Å². The summed E-state index contributed by atoms with van der Waals surface area (Å²) in [7, 11) is 3.91. The van der Waals surface area contributed by atoms with Crippen LogP contribution in [0.1, 0.15) is 5.56 Å². The molecule has 0 bridgehead atoms. The maximum Gasteiger partial charge on any atom is 0.204 e. The Morgan fingerprint density at radius 2 is 1.76 bits per heavy atom. The van der Waals surface area contributed by atoms with Crippen molar-refractivity contribution in [1.82, 2.24) is 4.90 Å². The lowest BCUT2D eigenvalue weighted by molar-refractivity contribution is 0.251. The van der Waals surface area contributed by atoms with Crippen molar-refractivity contribution in [2.24, 2.45) is 0 Å². The van der Waals surface area contributed by atoms with Crippen molar-refractivity contribution in [3.8, 4) is 17.2 Å². The first-order valence-electron chi connectivity index (χ1n) is 6.87. The molecule has 2 aromatic rings. The summed E-state index contributed by atoms with van der Waals surface area (Å²) >= 11 is 0. The molecule has 4 heteroatoms. The van der Waals surface area contributed by atoms with Gasteiger partial charge in [0.25, 0.3) is 0 Å². The van der Waals surface area contributed by atoms with E-state index in [1.165, 1.54) is 6.07 Å². The molecule has 2 rings (SSSR count). The van der Waals surface area contributed by atoms with Crippen LogP contribution in [0.5, 0.6) is 17.2 Å². The Morgan fingerprint density at radius 3 is 2.43 bits per heavy atom. The third kappa shape index (κ3) is 4.46. The van der Waals surface area contributed by atoms with E-state index in [-0.39, 0.29) is 5.75 Å². The van der Waals surface area contributed by atoms with Crippen LogP contribution < -0.4 is 9.47 Å². The fraction of sp³-hybridized carbons (Fsp3) is 0.294. The van der Waals surface area contributed by atoms with Crippen molar-refractivity contribution < 1.29 is 13.9 Å². The lowest BCUT2D eigenvalue weighted by atomic mass is 10.2. The van der Waals surface area contributed by atoms with Crippen molar-refractivity contribution in [3.63, 3.8) is 0 Å². The van der Waals surface area contributed by atoms with Crippen LogP contribution in [0.3, 0.4) is 0 Å². The van der Waals surface area contributed by atoms with Gasteiger partial charge in [0.05, 0.1) is 0 Å². The van der Waals surface area contributed by atoms with E-state index in [1.54, 1.807) is 12.1 Å². The molecule has 3 nitrogen and oxygen atoms in total. The minimum atomic E-state index is -0.432. The number of hydrogen-bond donors (Lipinski definition) is 0. The van der Waals surface area contributed by atoms with Gasteiger partial charge in [-0.25, -0.2) is 4.39 Å². The Balaban J connectivity index is 2.15. The van der Waals surface area contributed by atoms with Crippen molar-refractivity contribution in [1.29, 1.82) is 0 Å². The highest BCUT2D eigenvalue weighted by Gasteiger charge is 2.12. The predicted octanol–water partition coefficient (Wildman–Crippen LogP) is 3.87. The number of rotatable bonds is 6. The number of ether oxygens (including phenoxy) is 2. The van der Waals surface area contributed by atoms with E-state index < -0.39 is 5.82 Å². The van der Waals surface area contributed by atoms with Crippen LogP contribution in [-0.4, -0.2) is 32.1 Å². The van der Waals surface area contributed by atoms with Gasteiger partial charge in [0.15, 0.2) is 11.6 Å².